The molecule has 0 radical (unpaired) electrons. The molecule has 0 aliphatic rings. The molecular formula is C32H28N4O4S2. The molecule has 1 amide bonds. The first-order chi connectivity index (χ1) is 20.4. The summed E-state index contributed by atoms with van der Waals surface area (Å²) in [6, 6.07) is 23.6. The average Bonchev–Trinajstić information content (AvgIpc) is 3.41. The molecule has 42 heavy (non-hydrogen) atoms. The number of pyridine rings is 1. The van der Waals surface area contributed by atoms with Crippen molar-refractivity contribution in [3.8, 4) is 45.7 Å². The maximum absolute atomic E-state index is 12.8. The molecule has 212 valence electrons. The monoisotopic (exact) mass is 596 g/mol. The van der Waals surface area contributed by atoms with Crippen LogP contribution in [0.4, 0.5) is 5.13 Å². The van der Waals surface area contributed by atoms with Crippen molar-refractivity contribution in [2.45, 2.75) is 18.4 Å². The second kappa shape index (κ2) is 12.9. The molecule has 2 heterocycles. The summed E-state index contributed by atoms with van der Waals surface area (Å²) in [7, 11) is 4.65. The highest BCUT2D eigenvalue weighted by Gasteiger charge is 2.20. The van der Waals surface area contributed by atoms with Crippen LogP contribution in [0.2, 0.25) is 0 Å². The summed E-state index contributed by atoms with van der Waals surface area (Å²) in [5, 5.41) is 14.3. The summed E-state index contributed by atoms with van der Waals surface area (Å²) in [5.41, 5.74) is 5.39. The number of carbonyl (C=O) groups excluding carboxylic acids is 1. The maximum atomic E-state index is 12.8. The topological polar surface area (TPSA) is 106 Å². The molecule has 0 aliphatic carbocycles. The fraction of sp³-hybridized carbons (Fsp3) is 0.188. The maximum Gasteiger partial charge on any atom is 0.226 e. The van der Waals surface area contributed by atoms with Crippen LogP contribution in [-0.4, -0.2) is 43.0 Å². The highest BCUT2D eigenvalue weighted by Crippen LogP contribution is 2.43. The second-order valence-corrected chi connectivity index (χ2v) is 11.4. The number of thiazole rings is 1. The molecule has 2 aromatic heterocycles. The number of nitriles is 1. The number of hydrogen-bond acceptors (Lipinski definition) is 9. The summed E-state index contributed by atoms with van der Waals surface area (Å²) in [4.78, 5) is 22.2. The van der Waals surface area contributed by atoms with Gasteiger partial charge in [-0.1, -0.05) is 47.7 Å². The predicted molar refractivity (Wildman–Crippen MR) is 168 cm³/mol. The summed E-state index contributed by atoms with van der Waals surface area (Å²) in [5.74, 6) is 1.68. The van der Waals surface area contributed by atoms with Crippen LogP contribution in [0.5, 0.6) is 17.2 Å². The second-order valence-electron chi connectivity index (χ2n) is 9.26. The van der Waals surface area contributed by atoms with Crippen molar-refractivity contribution in [3.05, 3.63) is 77.9 Å². The van der Waals surface area contributed by atoms with Crippen molar-refractivity contribution in [3.63, 3.8) is 0 Å². The summed E-state index contributed by atoms with van der Waals surface area (Å²) in [6.45, 7) is 2.03. The number of aromatic nitrogens is 2. The molecule has 10 heteroatoms. The molecular weight excluding hydrogens is 569 g/mol. The van der Waals surface area contributed by atoms with E-state index in [0.717, 1.165) is 21.3 Å². The Morgan fingerprint density at radius 2 is 1.69 bits per heavy atom. The summed E-state index contributed by atoms with van der Waals surface area (Å²) < 4.78 is 17.7. The molecule has 8 nitrogen and oxygen atoms in total. The van der Waals surface area contributed by atoms with Crippen molar-refractivity contribution < 1.29 is 19.0 Å². The van der Waals surface area contributed by atoms with Gasteiger partial charge < -0.3 is 19.5 Å². The van der Waals surface area contributed by atoms with Crippen LogP contribution in [-0.2, 0) is 4.79 Å². The zero-order valence-corrected chi connectivity index (χ0v) is 25.2. The van der Waals surface area contributed by atoms with E-state index in [1.54, 1.807) is 21.3 Å². The molecule has 0 aliphatic heterocycles. The van der Waals surface area contributed by atoms with Crippen LogP contribution < -0.4 is 19.5 Å². The fourth-order valence-corrected chi connectivity index (χ4v) is 6.39. The molecule has 5 aromatic rings. The van der Waals surface area contributed by atoms with E-state index < -0.39 is 0 Å². The van der Waals surface area contributed by atoms with Gasteiger partial charge in [0.2, 0.25) is 11.7 Å². The Bertz CT molecular complexity index is 1770. The van der Waals surface area contributed by atoms with Gasteiger partial charge in [-0.05, 0) is 48.4 Å². The molecule has 0 fully saturated rings. The van der Waals surface area contributed by atoms with Gasteiger partial charge in [0.05, 0.1) is 42.8 Å². The lowest BCUT2D eigenvalue weighted by molar-refractivity contribution is -0.115. The third kappa shape index (κ3) is 6.17. The normalized spacial score (nSPS) is 10.7. The van der Waals surface area contributed by atoms with Crippen molar-refractivity contribution >= 4 is 44.4 Å². The van der Waals surface area contributed by atoms with Gasteiger partial charge in [0.15, 0.2) is 16.6 Å². The van der Waals surface area contributed by atoms with Crippen molar-refractivity contribution in [1.29, 1.82) is 5.26 Å². The van der Waals surface area contributed by atoms with Gasteiger partial charge in [-0.3, -0.25) is 4.79 Å². The van der Waals surface area contributed by atoms with Crippen LogP contribution >= 0.6 is 23.1 Å². The van der Waals surface area contributed by atoms with Gasteiger partial charge in [-0.2, -0.15) is 5.26 Å². The lowest BCUT2D eigenvalue weighted by Gasteiger charge is -2.16. The molecule has 0 spiro atoms. The lowest BCUT2D eigenvalue weighted by Crippen LogP contribution is -2.12. The number of hydrogen-bond donors (Lipinski definition) is 1. The first kappa shape index (κ1) is 28.9. The number of methoxy groups -OCH3 is 3. The first-order valence-electron chi connectivity index (χ1n) is 13.0. The Kier molecular flexibility index (Phi) is 8.91. The van der Waals surface area contributed by atoms with Crippen LogP contribution in [0.25, 0.3) is 32.6 Å². The number of fused-ring (bicyclic) bond motifs is 1. The largest absolute Gasteiger partial charge is 0.493 e. The minimum atomic E-state index is -0.152. The molecule has 3 aromatic carbocycles. The van der Waals surface area contributed by atoms with Gasteiger partial charge in [0, 0.05) is 23.3 Å². The number of anilines is 1. The summed E-state index contributed by atoms with van der Waals surface area (Å²) in [6.07, 6.45) is 0.223. The third-order valence-corrected chi connectivity index (χ3v) is 8.41. The van der Waals surface area contributed by atoms with Crippen molar-refractivity contribution in [1.82, 2.24) is 9.97 Å². The quantitative estimate of drug-likeness (QED) is 0.167. The zero-order valence-electron chi connectivity index (χ0n) is 23.6. The van der Waals surface area contributed by atoms with Crippen LogP contribution in [0.15, 0.2) is 71.8 Å². The Balaban J connectivity index is 1.45. The number of aryl methyl sites for hydroxylation is 1. The van der Waals surface area contributed by atoms with Gasteiger partial charge in [0.25, 0.3) is 0 Å². The third-order valence-electron chi connectivity index (χ3n) is 6.50. The number of thioether (sulfide) groups is 1. The Hall–Kier alpha value is -4.59. The highest BCUT2D eigenvalue weighted by molar-refractivity contribution is 7.99. The van der Waals surface area contributed by atoms with E-state index in [2.05, 4.69) is 22.4 Å². The Morgan fingerprint density at radius 3 is 2.36 bits per heavy atom. The number of nitrogens with zero attached hydrogens (tertiary/aromatic N) is 3. The number of nitrogens with one attached hydrogen (secondary N) is 1. The van der Waals surface area contributed by atoms with Gasteiger partial charge >= 0.3 is 0 Å². The average molecular weight is 597 g/mol. The van der Waals surface area contributed by atoms with Crippen molar-refractivity contribution in [2.75, 3.05) is 32.4 Å². The summed E-state index contributed by atoms with van der Waals surface area (Å²) >= 11 is 2.81. The molecule has 0 atom stereocenters. The SMILES string of the molecule is COc1cc(-c2cc(-c3ccccc3)nc(SCCC(=O)Nc3nc4ccc(C)cc4s3)c2C#N)cc(OC)c1OC. The van der Waals surface area contributed by atoms with Crippen LogP contribution in [0.3, 0.4) is 0 Å². The van der Waals surface area contributed by atoms with Gasteiger partial charge in [-0.25, -0.2) is 9.97 Å². The van der Waals surface area contributed by atoms with Gasteiger partial charge in [-0.15, -0.1) is 11.8 Å². The zero-order chi connectivity index (χ0) is 29.6. The number of carbonyl (C=O) groups is 1. The smallest absolute Gasteiger partial charge is 0.226 e. The van der Waals surface area contributed by atoms with E-state index in [9.17, 15) is 10.1 Å². The Morgan fingerprint density at radius 1 is 0.952 bits per heavy atom. The van der Waals surface area contributed by atoms with Crippen molar-refractivity contribution in [2.24, 2.45) is 0 Å². The number of amides is 1. The van der Waals surface area contributed by atoms with E-state index >= 15 is 0 Å². The van der Waals surface area contributed by atoms with Gasteiger partial charge in [0.1, 0.15) is 11.1 Å². The molecule has 5 rings (SSSR count). The molecule has 0 unspecified atom stereocenters. The standard InChI is InChI=1S/C32H28N4O4S2/c1-19-10-11-24-28(14-19)42-32(35-24)36-29(37)12-13-41-31-23(18-33)22(17-25(34-31)20-8-6-5-7-9-20)21-15-26(38-2)30(40-4)27(16-21)39-3/h5-11,14-17H,12-13H2,1-4H3,(H,35,36,37). The highest BCUT2D eigenvalue weighted by atomic mass is 32.2. The van der Waals surface area contributed by atoms with E-state index in [1.807, 2.05) is 67.6 Å². The van der Waals surface area contributed by atoms with E-state index in [-0.39, 0.29) is 12.3 Å². The number of rotatable bonds is 10. The minimum absolute atomic E-state index is 0.152. The molecule has 1 N–H and O–H groups in total. The molecule has 0 saturated carbocycles. The van der Waals surface area contributed by atoms with Crippen LogP contribution in [0, 0.1) is 18.3 Å². The first-order valence-corrected chi connectivity index (χ1v) is 14.8. The van der Waals surface area contributed by atoms with E-state index in [4.69, 9.17) is 19.2 Å². The minimum Gasteiger partial charge on any atom is -0.493 e. The van der Waals surface area contributed by atoms with E-state index in [1.165, 1.54) is 23.1 Å². The number of ether oxygens (including phenoxy) is 3. The fourth-order valence-electron chi connectivity index (χ4n) is 4.46. The lowest BCUT2D eigenvalue weighted by atomic mass is 9.98. The predicted octanol–water partition coefficient (Wildman–Crippen LogP) is 7.35. The van der Waals surface area contributed by atoms with Crippen LogP contribution in [0.1, 0.15) is 17.5 Å². The Labute approximate surface area is 252 Å². The molecule has 0 bridgehead atoms. The molecule has 0 saturated heterocycles. The number of benzene rings is 3. The van der Waals surface area contributed by atoms with E-state index in [0.29, 0.717) is 55.5 Å².